The first-order valence-corrected chi connectivity index (χ1v) is 6.17. The standard InChI is InChI=1S/C12H16BrNO4/c1-11(2,3)18-10(17)12(14)6-7(13)4-5-8(12)9(15)16/h4-6,8H,14H2,1-3H3,(H,15,16). The van der Waals surface area contributed by atoms with E-state index in [4.69, 9.17) is 15.6 Å². The molecule has 1 aliphatic rings. The van der Waals surface area contributed by atoms with E-state index >= 15 is 0 Å². The molecule has 0 radical (unpaired) electrons. The molecule has 2 unspecified atom stereocenters. The van der Waals surface area contributed by atoms with Crippen molar-refractivity contribution >= 4 is 27.9 Å². The lowest BCUT2D eigenvalue weighted by Gasteiger charge is -2.33. The number of rotatable bonds is 2. The molecule has 6 heteroatoms. The summed E-state index contributed by atoms with van der Waals surface area (Å²) in [5.41, 5.74) is 3.50. The molecule has 0 bridgehead atoms. The van der Waals surface area contributed by atoms with Gasteiger partial charge in [0.2, 0.25) is 0 Å². The molecule has 18 heavy (non-hydrogen) atoms. The molecule has 2 atom stereocenters. The maximum Gasteiger partial charge on any atom is 0.331 e. The van der Waals surface area contributed by atoms with Crippen molar-refractivity contribution in [3.63, 3.8) is 0 Å². The minimum Gasteiger partial charge on any atom is -0.481 e. The van der Waals surface area contributed by atoms with E-state index in [1.807, 2.05) is 0 Å². The summed E-state index contributed by atoms with van der Waals surface area (Å²) in [5.74, 6) is -3.08. The molecule has 100 valence electrons. The molecular formula is C12H16BrNO4. The normalized spacial score (nSPS) is 27.6. The van der Waals surface area contributed by atoms with Crippen LogP contribution in [0.4, 0.5) is 0 Å². The lowest BCUT2D eigenvalue weighted by Crippen LogP contribution is -2.57. The van der Waals surface area contributed by atoms with Gasteiger partial charge in [0.05, 0.1) is 0 Å². The Morgan fingerprint density at radius 1 is 1.50 bits per heavy atom. The molecule has 0 fully saturated rings. The van der Waals surface area contributed by atoms with Gasteiger partial charge >= 0.3 is 11.9 Å². The van der Waals surface area contributed by atoms with Crippen LogP contribution < -0.4 is 5.73 Å². The minimum atomic E-state index is -1.70. The summed E-state index contributed by atoms with van der Waals surface area (Å²) in [4.78, 5) is 23.2. The zero-order valence-corrected chi connectivity index (χ0v) is 12.0. The van der Waals surface area contributed by atoms with Crippen LogP contribution in [-0.4, -0.2) is 28.2 Å². The topological polar surface area (TPSA) is 89.6 Å². The van der Waals surface area contributed by atoms with Gasteiger partial charge < -0.3 is 15.6 Å². The largest absolute Gasteiger partial charge is 0.481 e. The number of aliphatic carboxylic acids is 1. The van der Waals surface area contributed by atoms with Crippen LogP contribution in [-0.2, 0) is 14.3 Å². The lowest BCUT2D eigenvalue weighted by atomic mass is 9.81. The van der Waals surface area contributed by atoms with Crippen molar-refractivity contribution in [3.8, 4) is 0 Å². The molecule has 0 saturated heterocycles. The number of carboxylic acid groups (broad SMARTS) is 1. The molecule has 0 spiro atoms. The van der Waals surface area contributed by atoms with Gasteiger partial charge in [-0.05, 0) is 26.8 Å². The second kappa shape index (κ2) is 4.85. The Kier molecular flexibility index (Phi) is 4.02. The fourth-order valence-electron chi connectivity index (χ4n) is 1.55. The third-order valence-electron chi connectivity index (χ3n) is 2.36. The second-order valence-corrected chi connectivity index (χ2v) is 6.05. The average Bonchev–Trinajstić information content (AvgIpc) is 2.13. The first kappa shape index (κ1) is 14.9. The van der Waals surface area contributed by atoms with E-state index < -0.39 is 29.0 Å². The van der Waals surface area contributed by atoms with E-state index in [1.165, 1.54) is 12.2 Å². The van der Waals surface area contributed by atoms with Gasteiger partial charge in [0, 0.05) is 4.48 Å². The lowest BCUT2D eigenvalue weighted by molar-refractivity contribution is -0.164. The van der Waals surface area contributed by atoms with Crippen molar-refractivity contribution in [2.75, 3.05) is 0 Å². The number of hydrogen-bond acceptors (Lipinski definition) is 4. The Morgan fingerprint density at radius 2 is 2.06 bits per heavy atom. The highest BCUT2D eigenvalue weighted by Crippen LogP contribution is 2.30. The Hall–Kier alpha value is -1.14. The van der Waals surface area contributed by atoms with E-state index in [2.05, 4.69) is 15.9 Å². The van der Waals surface area contributed by atoms with Gasteiger partial charge in [-0.1, -0.05) is 28.1 Å². The third-order valence-corrected chi connectivity index (χ3v) is 2.85. The van der Waals surface area contributed by atoms with Crippen molar-refractivity contribution in [2.24, 2.45) is 11.7 Å². The zero-order valence-electron chi connectivity index (χ0n) is 10.4. The van der Waals surface area contributed by atoms with Crippen molar-refractivity contribution in [2.45, 2.75) is 31.9 Å². The van der Waals surface area contributed by atoms with Crippen LogP contribution in [0.1, 0.15) is 20.8 Å². The van der Waals surface area contributed by atoms with Gasteiger partial charge in [0.25, 0.3) is 0 Å². The van der Waals surface area contributed by atoms with Gasteiger partial charge in [-0.25, -0.2) is 4.79 Å². The first-order valence-electron chi connectivity index (χ1n) is 5.38. The molecule has 5 nitrogen and oxygen atoms in total. The Bertz CT molecular complexity index is 436. The van der Waals surface area contributed by atoms with Crippen LogP contribution >= 0.6 is 15.9 Å². The monoisotopic (exact) mass is 317 g/mol. The molecule has 0 aromatic heterocycles. The molecule has 1 aliphatic carbocycles. The highest BCUT2D eigenvalue weighted by atomic mass is 79.9. The van der Waals surface area contributed by atoms with Crippen LogP contribution in [0.15, 0.2) is 22.7 Å². The summed E-state index contributed by atoms with van der Waals surface area (Å²) in [5, 5.41) is 9.12. The molecule has 0 heterocycles. The Morgan fingerprint density at radius 3 is 2.50 bits per heavy atom. The van der Waals surface area contributed by atoms with Gasteiger partial charge in [0.15, 0.2) is 5.54 Å². The van der Waals surface area contributed by atoms with Crippen LogP contribution in [0.2, 0.25) is 0 Å². The minimum absolute atomic E-state index is 0.549. The van der Waals surface area contributed by atoms with E-state index in [0.717, 1.165) is 0 Å². The Labute approximate surface area is 114 Å². The highest BCUT2D eigenvalue weighted by molar-refractivity contribution is 9.11. The molecule has 0 aromatic rings. The summed E-state index contributed by atoms with van der Waals surface area (Å²) in [6.45, 7) is 5.09. The fraction of sp³-hybridized carbons (Fsp3) is 0.500. The van der Waals surface area contributed by atoms with Gasteiger partial charge in [-0.15, -0.1) is 0 Å². The summed E-state index contributed by atoms with van der Waals surface area (Å²) >= 11 is 3.18. The van der Waals surface area contributed by atoms with Crippen LogP contribution in [0.3, 0.4) is 0 Å². The average molecular weight is 318 g/mol. The molecule has 0 aromatic carbocycles. The van der Waals surface area contributed by atoms with Crippen LogP contribution in [0.5, 0.6) is 0 Å². The summed E-state index contributed by atoms with van der Waals surface area (Å²) in [6, 6.07) is 0. The number of ether oxygens (including phenoxy) is 1. The van der Waals surface area contributed by atoms with Crippen molar-refractivity contribution in [1.82, 2.24) is 0 Å². The quantitative estimate of drug-likeness (QED) is 0.755. The van der Waals surface area contributed by atoms with E-state index in [-0.39, 0.29) is 0 Å². The number of halogens is 1. The smallest absolute Gasteiger partial charge is 0.331 e. The molecular weight excluding hydrogens is 302 g/mol. The molecule has 3 N–H and O–H groups in total. The predicted octanol–water partition coefficient (Wildman–Crippen LogP) is 1.57. The van der Waals surface area contributed by atoms with E-state index in [1.54, 1.807) is 26.8 Å². The molecule has 0 amide bonds. The molecule has 0 aliphatic heterocycles. The predicted molar refractivity (Wildman–Crippen MR) is 70.0 cm³/mol. The molecule has 1 rings (SSSR count). The number of carboxylic acids is 1. The van der Waals surface area contributed by atoms with Crippen LogP contribution in [0.25, 0.3) is 0 Å². The number of carbonyl (C=O) groups excluding carboxylic acids is 1. The fourth-order valence-corrected chi connectivity index (χ4v) is 2.08. The third kappa shape index (κ3) is 3.20. The van der Waals surface area contributed by atoms with Crippen molar-refractivity contribution < 1.29 is 19.4 Å². The van der Waals surface area contributed by atoms with Crippen molar-refractivity contribution in [1.29, 1.82) is 0 Å². The van der Waals surface area contributed by atoms with E-state index in [0.29, 0.717) is 4.48 Å². The number of allylic oxidation sites excluding steroid dienone is 2. The summed E-state index contributed by atoms with van der Waals surface area (Å²) in [7, 11) is 0. The molecule has 0 saturated carbocycles. The second-order valence-electron chi connectivity index (χ2n) is 5.14. The number of nitrogens with two attached hydrogens (primary N) is 1. The highest BCUT2D eigenvalue weighted by Gasteiger charge is 2.47. The number of carbonyl (C=O) groups is 2. The van der Waals surface area contributed by atoms with Gasteiger partial charge in [-0.3, -0.25) is 4.79 Å². The van der Waals surface area contributed by atoms with Crippen molar-refractivity contribution in [3.05, 3.63) is 22.7 Å². The number of esters is 1. The van der Waals surface area contributed by atoms with Gasteiger partial charge in [-0.2, -0.15) is 0 Å². The SMILES string of the molecule is CC(C)(C)OC(=O)C1(N)C=C(Br)C=CC1C(=O)O. The summed E-state index contributed by atoms with van der Waals surface area (Å²) in [6.07, 6.45) is 4.28. The maximum atomic E-state index is 12.1. The first-order chi connectivity index (χ1) is 8.06. The summed E-state index contributed by atoms with van der Waals surface area (Å²) < 4.78 is 5.73. The zero-order chi connectivity index (χ0) is 14.1. The van der Waals surface area contributed by atoms with Gasteiger partial charge in [0.1, 0.15) is 11.5 Å². The maximum absolute atomic E-state index is 12.1. The van der Waals surface area contributed by atoms with Crippen LogP contribution in [0, 0.1) is 5.92 Å². The number of hydrogen-bond donors (Lipinski definition) is 2. The van der Waals surface area contributed by atoms with E-state index in [9.17, 15) is 9.59 Å². The Balaban J connectivity index is 3.10.